The molecule has 0 radical (unpaired) electrons. The van der Waals surface area contributed by atoms with Gasteiger partial charge < -0.3 is 24.1 Å². The van der Waals surface area contributed by atoms with Crippen LogP contribution in [0.15, 0.2) is 24.3 Å². The van der Waals surface area contributed by atoms with Gasteiger partial charge in [-0.3, -0.25) is 4.57 Å². The first-order valence-electron chi connectivity index (χ1n) is 6.16. The van der Waals surface area contributed by atoms with Crippen LogP contribution in [0, 0.1) is 0 Å². The Morgan fingerprint density at radius 3 is 2.35 bits per heavy atom. The number of rotatable bonds is 6. The molecule has 1 aromatic carbocycles. The topological polar surface area (TPSA) is 87.0 Å². The minimum absolute atomic E-state index is 0.103. The lowest BCUT2D eigenvalue weighted by molar-refractivity contribution is -0.876. The van der Waals surface area contributed by atoms with Crippen LogP contribution in [0.2, 0.25) is 0 Å². The van der Waals surface area contributed by atoms with E-state index in [0.29, 0.717) is 6.61 Å². The van der Waals surface area contributed by atoms with E-state index in [2.05, 4.69) is 0 Å². The summed E-state index contributed by atoms with van der Waals surface area (Å²) in [6.45, 7) is 0.211. The second-order valence-electron chi connectivity index (χ2n) is 5.94. The quantitative estimate of drug-likeness (QED) is 0.536. The molecule has 0 bridgehead atoms. The molecule has 1 aromatic rings. The number of aliphatic hydroxyl groups is 1. The summed E-state index contributed by atoms with van der Waals surface area (Å²) in [6.07, 6.45) is 0. The lowest BCUT2D eigenvalue weighted by Gasteiger charge is -2.36. The average Bonchev–Trinajstić information content (AvgIpc) is 2.26. The lowest BCUT2D eigenvalue weighted by Crippen LogP contribution is -2.47. The lowest BCUT2D eigenvalue weighted by atomic mass is 10.0. The van der Waals surface area contributed by atoms with Gasteiger partial charge in [-0.1, -0.05) is 18.2 Å². The van der Waals surface area contributed by atoms with Crippen molar-refractivity contribution in [3.63, 3.8) is 0 Å². The van der Waals surface area contributed by atoms with Gasteiger partial charge in [-0.15, -0.1) is 0 Å². The molecular weight excluding hydrogens is 281 g/mol. The predicted molar refractivity (Wildman–Crippen MR) is 76.0 cm³/mol. The van der Waals surface area contributed by atoms with E-state index in [1.54, 1.807) is 39.3 Å². The maximum Gasteiger partial charge on any atom is 0.367 e. The van der Waals surface area contributed by atoms with Crippen molar-refractivity contribution >= 4 is 7.60 Å². The number of benzene rings is 1. The van der Waals surface area contributed by atoms with Crippen molar-refractivity contribution in [1.29, 1.82) is 0 Å². The van der Waals surface area contributed by atoms with Crippen LogP contribution >= 0.6 is 7.60 Å². The molecule has 0 aliphatic heterocycles. The zero-order chi connectivity index (χ0) is 15.6. The van der Waals surface area contributed by atoms with Gasteiger partial charge >= 0.3 is 7.60 Å². The van der Waals surface area contributed by atoms with E-state index in [1.165, 1.54) is 13.2 Å². The summed E-state index contributed by atoms with van der Waals surface area (Å²) >= 11 is 0. The van der Waals surface area contributed by atoms with Crippen molar-refractivity contribution in [2.75, 3.05) is 34.8 Å². The largest absolute Gasteiger partial charge is 0.380 e. The van der Waals surface area contributed by atoms with Crippen LogP contribution in [0.4, 0.5) is 0 Å². The Labute approximate surface area is 119 Å². The summed E-state index contributed by atoms with van der Waals surface area (Å²) in [4.78, 5) is 19.2. The molecular formula is C13H23NO5P+. The van der Waals surface area contributed by atoms with Gasteiger partial charge in [0.05, 0.1) is 27.7 Å². The van der Waals surface area contributed by atoms with Crippen LogP contribution in [0.5, 0.6) is 0 Å². The third kappa shape index (κ3) is 4.12. The normalized spacial score (nSPS) is 15.9. The van der Waals surface area contributed by atoms with Crippen LogP contribution in [-0.2, 0) is 21.3 Å². The molecule has 0 spiro atoms. The first-order valence-corrected chi connectivity index (χ1v) is 7.78. The van der Waals surface area contributed by atoms with E-state index in [4.69, 9.17) is 4.74 Å². The molecule has 114 valence electrons. The molecule has 0 saturated carbocycles. The van der Waals surface area contributed by atoms with Crippen molar-refractivity contribution in [1.82, 2.24) is 0 Å². The van der Waals surface area contributed by atoms with E-state index in [1.807, 2.05) is 0 Å². The number of likely N-dealkylation sites (N-methyl/N-ethyl adjacent to an activating group) is 1. The molecule has 0 aliphatic rings. The summed E-state index contributed by atoms with van der Waals surface area (Å²) in [6, 6.07) is 6.52. The van der Waals surface area contributed by atoms with Gasteiger partial charge in [0.2, 0.25) is 5.34 Å². The highest BCUT2D eigenvalue weighted by Gasteiger charge is 2.51. The number of nitrogens with zero attached hydrogens (tertiary/aromatic N) is 1. The molecule has 0 amide bonds. The minimum atomic E-state index is -4.75. The second-order valence-corrected chi connectivity index (χ2v) is 7.77. The summed E-state index contributed by atoms with van der Waals surface area (Å²) in [5, 5.41) is 8.41. The highest BCUT2D eigenvalue weighted by Crippen LogP contribution is 2.55. The van der Waals surface area contributed by atoms with Crippen LogP contribution in [0.3, 0.4) is 0 Å². The highest BCUT2D eigenvalue weighted by molar-refractivity contribution is 7.52. The zero-order valence-corrected chi connectivity index (χ0v) is 13.2. The van der Waals surface area contributed by atoms with Gasteiger partial charge in [0.1, 0.15) is 6.54 Å². The first kappa shape index (κ1) is 17.3. The Bertz CT molecular complexity index is 508. The van der Waals surface area contributed by atoms with Crippen molar-refractivity contribution < 1.29 is 28.7 Å². The fraction of sp³-hybridized carbons (Fsp3) is 0.538. The second kappa shape index (κ2) is 5.93. The van der Waals surface area contributed by atoms with Crippen LogP contribution < -0.4 is 0 Å². The Morgan fingerprint density at radius 1 is 1.30 bits per heavy atom. The van der Waals surface area contributed by atoms with E-state index in [0.717, 1.165) is 5.56 Å². The molecule has 7 heteroatoms. The predicted octanol–water partition coefficient (Wildman–Crippen LogP) is 0.862. The third-order valence-electron chi connectivity index (χ3n) is 2.88. The van der Waals surface area contributed by atoms with Gasteiger partial charge in [0.25, 0.3) is 0 Å². The third-order valence-corrected chi connectivity index (χ3v) is 4.24. The van der Waals surface area contributed by atoms with Crippen molar-refractivity contribution in [2.24, 2.45) is 0 Å². The number of ether oxygens (including phenoxy) is 1. The fourth-order valence-corrected chi connectivity index (χ4v) is 3.17. The van der Waals surface area contributed by atoms with E-state index >= 15 is 0 Å². The van der Waals surface area contributed by atoms with E-state index in [9.17, 15) is 19.5 Å². The number of methoxy groups -OCH3 is 1. The Kier molecular flexibility index (Phi) is 5.13. The standard InChI is InChI=1S/C13H22NO5P/c1-14(2,3)10-13(15,20(16,17)18)12-7-5-6-11(8-12)9-19-4/h5-8,15H,9-10H2,1-4H3,(H-,16,17,18)/p+1. The summed E-state index contributed by atoms with van der Waals surface area (Å²) in [5.74, 6) is 0. The number of quaternary nitrogens is 1. The molecule has 0 fully saturated rings. The SMILES string of the molecule is COCc1cccc(C(O)(C[N+](C)(C)C)P(=O)(O)O)c1. The van der Waals surface area contributed by atoms with Gasteiger partial charge in [-0.05, 0) is 11.6 Å². The molecule has 6 nitrogen and oxygen atoms in total. The molecule has 1 atom stereocenters. The molecule has 1 unspecified atom stereocenters. The van der Waals surface area contributed by atoms with Gasteiger partial charge in [-0.25, -0.2) is 0 Å². The van der Waals surface area contributed by atoms with E-state index < -0.39 is 12.9 Å². The van der Waals surface area contributed by atoms with E-state index in [-0.39, 0.29) is 16.6 Å². The first-order chi connectivity index (χ1) is 8.99. The molecule has 1 rings (SSSR count). The Balaban J connectivity index is 3.31. The number of hydrogen-bond donors (Lipinski definition) is 3. The molecule has 0 aromatic heterocycles. The maximum atomic E-state index is 11.8. The fourth-order valence-electron chi connectivity index (χ4n) is 2.09. The minimum Gasteiger partial charge on any atom is -0.380 e. The molecule has 0 saturated heterocycles. The molecule has 0 heterocycles. The van der Waals surface area contributed by atoms with Gasteiger partial charge in [0.15, 0.2) is 0 Å². The molecule has 20 heavy (non-hydrogen) atoms. The van der Waals surface area contributed by atoms with Gasteiger partial charge in [0, 0.05) is 12.7 Å². The summed E-state index contributed by atoms with van der Waals surface area (Å²) in [5.41, 5.74) is 0.951. The maximum absolute atomic E-state index is 11.8. The summed E-state index contributed by atoms with van der Waals surface area (Å²) < 4.78 is 17.0. The van der Waals surface area contributed by atoms with Crippen molar-refractivity contribution in [2.45, 2.75) is 11.9 Å². The number of hydrogen-bond acceptors (Lipinski definition) is 3. The monoisotopic (exact) mass is 304 g/mol. The van der Waals surface area contributed by atoms with Crippen molar-refractivity contribution in [3.8, 4) is 0 Å². The summed E-state index contributed by atoms with van der Waals surface area (Å²) in [7, 11) is 2.08. The zero-order valence-electron chi connectivity index (χ0n) is 12.3. The molecule has 3 N–H and O–H groups in total. The van der Waals surface area contributed by atoms with Crippen LogP contribution in [0.1, 0.15) is 11.1 Å². The van der Waals surface area contributed by atoms with Crippen LogP contribution in [-0.4, -0.2) is 54.2 Å². The Morgan fingerprint density at radius 2 is 1.90 bits per heavy atom. The smallest absolute Gasteiger partial charge is 0.367 e. The van der Waals surface area contributed by atoms with Crippen molar-refractivity contribution in [3.05, 3.63) is 35.4 Å². The molecule has 0 aliphatic carbocycles. The average molecular weight is 304 g/mol. The van der Waals surface area contributed by atoms with Crippen LogP contribution in [0.25, 0.3) is 0 Å². The Hall–Kier alpha value is -0.750. The highest BCUT2D eigenvalue weighted by atomic mass is 31.2. The van der Waals surface area contributed by atoms with Gasteiger partial charge in [-0.2, -0.15) is 0 Å².